The maximum Gasteiger partial charge on any atom is 0.211 e. The number of anilines is 1. The highest BCUT2D eigenvalue weighted by atomic mass is 32.2. The Kier molecular flexibility index (Phi) is 3.83. The number of nitrogens with zero attached hydrogens (tertiary/aromatic N) is 2. The van der Waals surface area contributed by atoms with Crippen LogP contribution in [-0.4, -0.2) is 18.4 Å². The summed E-state index contributed by atoms with van der Waals surface area (Å²) in [6.07, 6.45) is 1.27. The van der Waals surface area contributed by atoms with Crippen LogP contribution in [0.2, 0.25) is 0 Å². The van der Waals surface area contributed by atoms with Crippen molar-refractivity contribution in [1.29, 1.82) is 0 Å². The first-order valence-electron chi connectivity index (χ1n) is 6.98. The van der Waals surface area contributed by atoms with Gasteiger partial charge in [0.25, 0.3) is 0 Å². The van der Waals surface area contributed by atoms with Crippen molar-refractivity contribution in [2.75, 3.05) is 5.73 Å². The molecule has 0 saturated heterocycles. The van der Waals surface area contributed by atoms with Gasteiger partial charge >= 0.3 is 0 Å². The van der Waals surface area contributed by atoms with E-state index < -0.39 is 9.84 Å². The Morgan fingerprint density at radius 3 is 2.39 bits per heavy atom. The molecular weight excluding hydrogens is 310 g/mol. The molecule has 23 heavy (non-hydrogen) atoms. The van der Waals surface area contributed by atoms with Gasteiger partial charge in [-0.05, 0) is 24.6 Å². The highest BCUT2D eigenvalue weighted by molar-refractivity contribution is 7.91. The van der Waals surface area contributed by atoms with Crippen LogP contribution < -0.4 is 5.73 Å². The number of aryl methyl sites for hydroxylation is 1. The zero-order valence-corrected chi connectivity index (χ0v) is 13.3. The van der Waals surface area contributed by atoms with Gasteiger partial charge in [-0.25, -0.2) is 18.4 Å². The summed E-state index contributed by atoms with van der Waals surface area (Å²) in [7, 11) is -3.74. The third kappa shape index (κ3) is 2.93. The van der Waals surface area contributed by atoms with Gasteiger partial charge in [0.15, 0.2) is 5.82 Å². The Labute approximate surface area is 134 Å². The summed E-state index contributed by atoms with van der Waals surface area (Å²) in [6.45, 7) is 1.83. The molecule has 0 spiro atoms. The van der Waals surface area contributed by atoms with Gasteiger partial charge in [0.1, 0.15) is 10.7 Å². The predicted molar refractivity (Wildman–Crippen MR) is 88.5 cm³/mol. The second-order valence-electron chi connectivity index (χ2n) is 5.13. The molecule has 0 radical (unpaired) electrons. The van der Waals surface area contributed by atoms with E-state index in [-0.39, 0.29) is 15.6 Å². The van der Waals surface area contributed by atoms with E-state index in [4.69, 9.17) is 5.73 Å². The third-order valence-corrected chi connectivity index (χ3v) is 5.17. The van der Waals surface area contributed by atoms with Crippen molar-refractivity contribution in [3.63, 3.8) is 0 Å². The van der Waals surface area contributed by atoms with E-state index in [2.05, 4.69) is 9.97 Å². The summed E-state index contributed by atoms with van der Waals surface area (Å²) >= 11 is 0. The second-order valence-corrected chi connectivity index (χ2v) is 7.05. The fraction of sp³-hybridized carbons (Fsp3) is 0.0588. The summed E-state index contributed by atoms with van der Waals surface area (Å²) in [6, 6.07) is 15.9. The first-order valence-corrected chi connectivity index (χ1v) is 8.46. The summed E-state index contributed by atoms with van der Waals surface area (Å²) in [5.41, 5.74) is 7.52. The van der Waals surface area contributed by atoms with Crippen molar-refractivity contribution >= 4 is 15.7 Å². The van der Waals surface area contributed by atoms with Crippen LogP contribution in [-0.2, 0) is 9.84 Å². The van der Waals surface area contributed by atoms with Crippen molar-refractivity contribution in [3.8, 4) is 11.4 Å². The minimum atomic E-state index is -3.74. The van der Waals surface area contributed by atoms with Crippen molar-refractivity contribution in [1.82, 2.24) is 9.97 Å². The molecule has 5 nitrogen and oxygen atoms in total. The SMILES string of the molecule is Cc1cccc(S(=O)(=O)c2cnc(-c3ccccc3)nc2N)c1. The number of benzene rings is 2. The topological polar surface area (TPSA) is 85.9 Å². The molecule has 2 N–H and O–H groups in total. The zero-order valence-electron chi connectivity index (χ0n) is 12.5. The molecule has 1 heterocycles. The standard InChI is InChI=1S/C17H15N3O2S/c1-12-6-5-9-14(10-12)23(21,22)15-11-19-17(20-16(15)18)13-7-3-2-4-8-13/h2-11H,1H3,(H2,18,19,20). The normalized spacial score (nSPS) is 11.3. The maximum absolute atomic E-state index is 12.7. The number of nitrogens with two attached hydrogens (primary N) is 1. The van der Waals surface area contributed by atoms with E-state index in [9.17, 15) is 8.42 Å². The van der Waals surface area contributed by atoms with Crippen LogP contribution >= 0.6 is 0 Å². The average Bonchev–Trinajstić information content (AvgIpc) is 2.55. The van der Waals surface area contributed by atoms with Crippen LogP contribution in [0.3, 0.4) is 0 Å². The largest absolute Gasteiger partial charge is 0.382 e. The number of nitrogen functional groups attached to an aromatic ring is 1. The summed E-state index contributed by atoms with van der Waals surface area (Å²) in [4.78, 5) is 8.40. The van der Waals surface area contributed by atoms with Crippen molar-refractivity contribution in [3.05, 3.63) is 66.4 Å². The number of rotatable bonds is 3. The Morgan fingerprint density at radius 1 is 1.00 bits per heavy atom. The van der Waals surface area contributed by atoms with E-state index in [1.165, 1.54) is 12.3 Å². The van der Waals surface area contributed by atoms with Gasteiger partial charge < -0.3 is 5.73 Å². The van der Waals surface area contributed by atoms with Gasteiger partial charge in [-0.2, -0.15) is 0 Å². The minimum absolute atomic E-state index is 0.0552. The van der Waals surface area contributed by atoms with Gasteiger partial charge in [0.2, 0.25) is 9.84 Å². The Bertz CT molecular complexity index is 955. The fourth-order valence-electron chi connectivity index (χ4n) is 2.23. The van der Waals surface area contributed by atoms with E-state index in [0.717, 1.165) is 11.1 Å². The van der Waals surface area contributed by atoms with Crippen molar-refractivity contribution in [2.24, 2.45) is 0 Å². The monoisotopic (exact) mass is 325 g/mol. The Hall–Kier alpha value is -2.73. The summed E-state index contributed by atoms with van der Waals surface area (Å²) in [5, 5.41) is 0. The molecule has 0 amide bonds. The molecule has 0 aliphatic carbocycles. The molecule has 0 saturated carbocycles. The van der Waals surface area contributed by atoms with E-state index >= 15 is 0 Å². The summed E-state index contributed by atoms with van der Waals surface area (Å²) in [5.74, 6) is 0.339. The lowest BCUT2D eigenvalue weighted by molar-refractivity contribution is 0.595. The predicted octanol–water partition coefficient (Wildman–Crippen LogP) is 2.87. The molecule has 0 aliphatic heterocycles. The molecule has 3 rings (SSSR count). The molecule has 0 bridgehead atoms. The molecule has 2 aromatic carbocycles. The zero-order chi connectivity index (χ0) is 16.4. The lowest BCUT2D eigenvalue weighted by Gasteiger charge is -2.08. The molecule has 0 unspecified atom stereocenters. The fourth-order valence-corrected chi connectivity index (χ4v) is 3.59. The Balaban J connectivity index is 2.08. The van der Waals surface area contributed by atoms with Gasteiger partial charge in [0.05, 0.1) is 11.1 Å². The molecule has 6 heteroatoms. The summed E-state index contributed by atoms with van der Waals surface area (Å²) < 4.78 is 25.4. The lowest BCUT2D eigenvalue weighted by Crippen LogP contribution is -2.09. The number of hydrogen-bond donors (Lipinski definition) is 1. The van der Waals surface area contributed by atoms with E-state index in [1.54, 1.807) is 12.1 Å². The number of aromatic nitrogens is 2. The van der Waals surface area contributed by atoms with E-state index in [0.29, 0.717) is 5.82 Å². The van der Waals surface area contributed by atoms with Crippen molar-refractivity contribution < 1.29 is 8.42 Å². The number of hydrogen-bond acceptors (Lipinski definition) is 5. The van der Waals surface area contributed by atoms with Gasteiger partial charge in [0, 0.05) is 5.56 Å². The molecular formula is C17H15N3O2S. The number of sulfone groups is 1. The first kappa shape index (κ1) is 15.2. The highest BCUT2D eigenvalue weighted by Gasteiger charge is 2.22. The Morgan fingerprint density at radius 2 is 1.74 bits per heavy atom. The van der Waals surface area contributed by atoms with Gasteiger partial charge in [-0.3, -0.25) is 0 Å². The highest BCUT2D eigenvalue weighted by Crippen LogP contribution is 2.26. The van der Waals surface area contributed by atoms with Crippen LogP contribution in [0.4, 0.5) is 5.82 Å². The minimum Gasteiger partial charge on any atom is -0.382 e. The molecule has 0 aliphatic rings. The molecule has 116 valence electrons. The van der Waals surface area contributed by atoms with Gasteiger partial charge in [-0.1, -0.05) is 42.5 Å². The molecule has 0 fully saturated rings. The van der Waals surface area contributed by atoms with E-state index in [1.807, 2.05) is 43.3 Å². The lowest BCUT2D eigenvalue weighted by atomic mass is 10.2. The van der Waals surface area contributed by atoms with Crippen LogP contribution in [0.25, 0.3) is 11.4 Å². The van der Waals surface area contributed by atoms with Crippen LogP contribution in [0.15, 0.2) is 70.6 Å². The maximum atomic E-state index is 12.7. The third-order valence-electron chi connectivity index (χ3n) is 3.40. The van der Waals surface area contributed by atoms with Crippen LogP contribution in [0.1, 0.15) is 5.56 Å². The molecule has 1 aromatic heterocycles. The van der Waals surface area contributed by atoms with Gasteiger partial charge in [-0.15, -0.1) is 0 Å². The van der Waals surface area contributed by atoms with Crippen LogP contribution in [0.5, 0.6) is 0 Å². The smallest absolute Gasteiger partial charge is 0.211 e. The average molecular weight is 325 g/mol. The van der Waals surface area contributed by atoms with Crippen LogP contribution in [0, 0.1) is 6.92 Å². The second kappa shape index (κ2) is 5.81. The molecule has 0 atom stereocenters. The van der Waals surface area contributed by atoms with Crippen molar-refractivity contribution in [2.45, 2.75) is 16.7 Å². The first-order chi connectivity index (χ1) is 11.0. The quantitative estimate of drug-likeness (QED) is 0.800. The molecule has 3 aromatic rings.